The first kappa shape index (κ1) is 9.60. The van der Waals surface area contributed by atoms with Gasteiger partial charge in [-0.25, -0.2) is 7.98 Å². The molecule has 2 bridgehead atoms. The van der Waals surface area contributed by atoms with Gasteiger partial charge in [-0.05, 0) is 31.3 Å². The molecule has 3 aliphatic heterocycles. The summed E-state index contributed by atoms with van der Waals surface area (Å²) >= 11 is 5.86. The van der Waals surface area contributed by atoms with E-state index in [0.29, 0.717) is 5.88 Å². The van der Waals surface area contributed by atoms with Crippen LogP contribution in [0.5, 0.6) is 0 Å². The van der Waals surface area contributed by atoms with Crippen molar-refractivity contribution in [2.45, 2.75) is 19.8 Å². The maximum absolute atomic E-state index is 6.24. The Labute approximate surface area is 86.8 Å². The van der Waals surface area contributed by atoms with E-state index in [4.69, 9.17) is 19.6 Å². The zero-order valence-electron chi connectivity index (χ0n) is 8.22. The molecule has 0 aliphatic carbocycles. The van der Waals surface area contributed by atoms with Gasteiger partial charge in [-0.15, -0.1) is 11.6 Å². The first-order valence-electron chi connectivity index (χ1n) is 5.04. The van der Waals surface area contributed by atoms with Crippen molar-refractivity contribution >= 4 is 19.6 Å². The number of nitrogens with zero attached hydrogens (tertiary/aromatic N) is 1. The minimum atomic E-state index is 0.672. The van der Waals surface area contributed by atoms with Gasteiger partial charge >= 0.3 is 0 Å². The van der Waals surface area contributed by atoms with Crippen LogP contribution in [0.2, 0.25) is 0 Å². The number of quaternary nitrogens is 1. The molecule has 0 spiro atoms. The lowest BCUT2D eigenvalue weighted by Gasteiger charge is -2.60. The van der Waals surface area contributed by atoms with Gasteiger partial charge in [0.25, 0.3) is 0 Å². The number of rotatable bonds is 1. The molecule has 0 unspecified atom stereocenters. The van der Waals surface area contributed by atoms with Gasteiger partial charge < -0.3 is 4.39 Å². The van der Waals surface area contributed by atoms with Gasteiger partial charge in [0.15, 0.2) is 0 Å². The van der Waals surface area contributed by atoms with Gasteiger partial charge in [0.1, 0.15) is 0 Å². The van der Waals surface area contributed by atoms with Crippen LogP contribution in [0.25, 0.3) is 0 Å². The third-order valence-electron chi connectivity index (χ3n) is 3.57. The molecule has 0 aromatic rings. The summed E-state index contributed by atoms with van der Waals surface area (Å²) in [5, 5.41) is 0. The van der Waals surface area contributed by atoms with Crippen LogP contribution in [0.15, 0.2) is 11.1 Å². The molecule has 0 aromatic heterocycles. The standard InChI is InChI=1S/C10H16BClN/c1-8(6-12)10-7-13(11)4-2-9(10)3-5-13/h9H,2-7H2,1H3/b10-8-. The van der Waals surface area contributed by atoms with E-state index < -0.39 is 0 Å². The molecular weight excluding hydrogens is 180 g/mol. The zero-order chi connectivity index (χ0) is 9.47. The minimum absolute atomic E-state index is 0.672. The van der Waals surface area contributed by atoms with Crippen molar-refractivity contribution in [3.05, 3.63) is 11.1 Å². The third-order valence-corrected chi connectivity index (χ3v) is 3.97. The van der Waals surface area contributed by atoms with Gasteiger partial charge in [-0.3, -0.25) is 0 Å². The molecule has 71 valence electrons. The molecule has 3 fully saturated rings. The van der Waals surface area contributed by atoms with E-state index in [1.54, 1.807) is 5.57 Å². The highest BCUT2D eigenvalue weighted by atomic mass is 35.5. The summed E-state index contributed by atoms with van der Waals surface area (Å²) in [6, 6.07) is 0. The Kier molecular flexibility index (Phi) is 2.46. The van der Waals surface area contributed by atoms with Crippen LogP contribution < -0.4 is 0 Å². The lowest BCUT2D eigenvalue weighted by atomic mass is 9.77. The second-order valence-electron chi connectivity index (χ2n) is 4.54. The van der Waals surface area contributed by atoms with E-state index in [2.05, 4.69) is 6.92 Å². The lowest BCUT2D eigenvalue weighted by Crippen LogP contribution is -2.57. The molecule has 3 heteroatoms. The summed E-state index contributed by atoms with van der Waals surface area (Å²) < 4.78 is 0.764. The summed E-state index contributed by atoms with van der Waals surface area (Å²) in [6.45, 7) is 5.51. The maximum Gasteiger partial charge on any atom is 0.0544 e. The Morgan fingerprint density at radius 2 is 2.15 bits per heavy atom. The second-order valence-corrected chi connectivity index (χ2v) is 4.80. The van der Waals surface area contributed by atoms with E-state index in [9.17, 15) is 0 Å². The molecule has 0 atom stereocenters. The lowest BCUT2D eigenvalue weighted by molar-refractivity contribution is -0.827. The van der Waals surface area contributed by atoms with Crippen LogP contribution in [0.3, 0.4) is 0 Å². The maximum atomic E-state index is 6.24. The fourth-order valence-electron chi connectivity index (χ4n) is 2.63. The topological polar surface area (TPSA) is 0 Å². The van der Waals surface area contributed by atoms with Gasteiger partial charge in [-0.1, -0.05) is 5.57 Å². The Hall–Kier alpha value is 0.0549. The minimum Gasteiger partial charge on any atom is -0.585 e. The van der Waals surface area contributed by atoms with Gasteiger partial charge in [0, 0.05) is 19.0 Å². The SMILES string of the molecule is [B-][N+]12CCC(CC1)/C(=C(/C)CCl)C2. The highest BCUT2D eigenvalue weighted by Gasteiger charge is 2.33. The van der Waals surface area contributed by atoms with Gasteiger partial charge in [-0.2, -0.15) is 0 Å². The molecular formula is C10H16BClN. The molecule has 3 heterocycles. The van der Waals surface area contributed by atoms with Crippen molar-refractivity contribution in [2.24, 2.45) is 5.92 Å². The highest BCUT2D eigenvalue weighted by Crippen LogP contribution is 2.37. The molecule has 13 heavy (non-hydrogen) atoms. The van der Waals surface area contributed by atoms with Crippen molar-refractivity contribution in [3.8, 4) is 0 Å². The van der Waals surface area contributed by atoms with Gasteiger partial charge in [0.2, 0.25) is 0 Å². The van der Waals surface area contributed by atoms with Gasteiger partial charge in [0.05, 0.1) is 6.54 Å². The van der Waals surface area contributed by atoms with Crippen molar-refractivity contribution in [3.63, 3.8) is 0 Å². The summed E-state index contributed by atoms with van der Waals surface area (Å²) in [5.74, 6) is 1.47. The summed E-state index contributed by atoms with van der Waals surface area (Å²) in [6.07, 6.45) is 2.53. The number of hydrogen-bond donors (Lipinski definition) is 0. The Balaban J connectivity index is 2.25. The number of hydrogen-bond acceptors (Lipinski definition) is 0. The highest BCUT2D eigenvalue weighted by molar-refractivity contribution is 6.19. The fourth-order valence-corrected chi connectivity index (χ4v) is 2.80. The van der Waals surface area contributed by atoms with Crippen molar-refractivity contribution in [2.75, 3.05) is 25.5 Å². The molecule has 0 aromatic carbocycles. The molecule has 1 nitrogen and oxygen atoms in total. The summed E-state index contributed by atoms with van der Waals surface area (Å²) in [4.78, 5) is 0. The Morgan fingerprint density at radius 1 is 1.54 bits per heavy atom. The van der Waals surface area contributed by atoms with Crippen molar-refractivity contribution in [1.82, 2.24) is 0 Å². The van der Waals surface area contributed by atoms with Crippen molar-refractivity contribution in [1.29, 1.82) is 0 Å². The van der Waals surface area contributed by atoms with Crippen LogP contribution in [-0.2, 0) is 0 Å². The van der Waals surface area contributed by atoms with Crippen molar-refractivity contribution < 1.29 is 4.39 Å². The number of halogens is 1. The second kappa shape index (κ2) is 3.32. The monoisotopic (exact) mass is 196 g/mol. The van der Waals surface area contributed by atoms with E-state index >= 15 is 0 Å². The zero-order valence-corrected chi connectivity index (χ0v) is 8.98. The van der Waals surface area contributed by atoms with Crippen LogP contribution in [0.1, 0.15) is 19.8 Å². The normalized spacial score (nSPS) is 42.2. The average molecular weight is 197 g/mol. The predicted molar refractivity (Wildman–Crippen MR) is 56.8 cm³/mol. The molecule has 0 N–H and O–H groups in total. The Bertz CT molecular complexity index is 241. The average Bonchev–Trinajstić information content (AvgIpc) is 2.16. The smallest absolute Gasteiger partial charge is 0.0544 e. The number of piperidine rings is 3. The molecule has 3 radical (unpaired) electrons. The Morgan fingerprint density at radius 3 is 2.62 bits per heavy atom. The molecule has 3 rings (SSSR count). The fraction of sp³-hybridized carbons (Fsp3) is 0.800. The van der Waals surface area contributed by atoms with E-state index in [-0.39, 0.29) is 0 Å². The number of alkyl halides is 1. The van der Waals surface area contributed by atoms with Crippen LogP contribution in [-0.4, -0.2) is 37.9 Å². The van der Waals surface area contributed by atoms with E-state index in [0.717, 1.165) is 29.9 Å². The molecule has 0 saturated carbocycles. The summed E-state index contributed by atoms with van der Waals surface area (Å²) in [7, 11) is 6.24. The quantitative estimate of drug-likeness (QED) is 0.341. The van der Waals surface area contributed by atoms with E-state index in [1.165, 1.54) is 18.4 Å². The predicted octanol–water partition coefficient (Wildman–Crippen LogP) is 1.87. The van der Waals surface area contributed by atoms with Crippen LogP contribution >= 0.6 is 11.6 Å². The largest absolute Gasteiger partial charge is 0.585 e. The van der Waals surface area contributed by atoms with Crippen LogP contribution in [0.4, 0.5) is 0 Å². The third kappa shape index (κ3) is 1.67. The molecule has 3 aliphatic rings. The number of fused-ring (bicyclic) bond motifs is 3. The number of allylic oxidation sites excluding steroid dienone is 1. The molecule has 3 saturated heterocycles. The first-order chi connectivity index (χ1) is 6.14. The first-order valence-corrected chi connectivity index (χ1v) is 5.57. The summed E-state index contributed by atoms with van der Waals surface area (Å²) in [5.41, 5.74) is 2.91. The molecule has 0 amide bonds. The van der Waals surface area contributed by atoms with E-state index in [1.807, 2.05) is 0 Å². The van der Waals surface area contributed by atoms with Crippen LogP contribution in [0, 0.1) is 5.92 Å².